The van der Waals surface area contributed by atoms with Crippen molar-refractivity contribution < 1.29 is 0 Å². The Morgan fingerprint density at radius 2 is 2.30 bits per heavy atom. The smallest absolute Gasteiger partial charge is 0.127 e. The van der Waals surface area contributed by atoms with Gasteiger partial charge in [-0.05, 0) is 13.8 Å². The van der Waals surface area contributed by atoms with E-state index in [1.165, 1.54) is 0 Å². The summed E-state index contributed by atoms with van der Waals surface area (Å²) in [6.07, 6.45) is 0. The van der Waals surface area contributed by atoms with Crippen molar-refractivity contribution in [2.75, 3.05) is 13.6 Å². The van der Waals surface area contributed by atoms with E-state index in [2.05, 4.69) is 15.8 Å². The van der Waals surface area contributed by atoms with Gasteiger partial charge in [0, 0.05) is 13.6 Å². The molecule has 0 heterocycles. The zero-order valence-electron chi connectivity index (χ0n) is 6.81. The van der Waals surface area contributed by atoms with Crippen molar-refractivity contribution >= 4 is 5.84 Å². The minimum absolute atomic E-state index is 0.0348. The number of nitrogens with two attached hydrogens (primary N) is 1. The molecule has 0 aliphatic heterocycles. The van der Waals surface area contributed by atoms with Crippen LogP contribution in [0.3, 0.4) is 0 Å². The number of hydrogen-bond donors (Lipinski definition) is 3. The average molecular weight is 144 g/mol. The molecule has 4 nitrogen and oxygen atoms in total. The molecular formula is C6H16N4. The first kappa shape index (κ1) is 9.39. The van der Waals surface area contributed by atoms with Crippen LogP contribution in [0.4, 0.5) is 0 Å². The summed E-state index contributed by atoms with van der Waals surface area (Å²) in [4.78, 5) is 4.13. The van der Waals surface area contributed by atoms with Crippen LogP contribution in [-0.4, -0.2) is 25.5 Å². The lowest BCUT2D eigenvalue weighted by Gasteiger charge is -2.10. The number of hydrogen-bond acceptors (Lipinski definition) is 3. The van der Waals surface area contributed by atoms with Gasteiger partial charge in [-0.2, -0.15) is 0 Å². The fraction of sp³-hybridized carbons (Fsp3) is 0.833. The molecule has 0 radical (unpaired) electrons. The van der Waals surface area contributed by atoms with Crippen LogP contribution < -0.4 is 16.6 Å². The topological polar surface area (TPSA) is 62.4 Å². The van der Waals surface area contributed by atoms with E-state index in [1.54, 1.807) is 7.05 Å². The van der Waals surface area contributed by atoms with Crippen LogP contribution in [0, 0.1) is 0 Å². The van der Waals surface area contributed by atoms with Crippen LogP contribution in [0.2, 0.25) is 0 Å². The summed E-state index contributed by atoms with van der Waals surface area (Å²) < 4.78 is 0. The van der Waals surface area contributed by atoms with Crippen LogP contribution >= 0.6 is 0 Å². The van der Waals surface area contributed by atoms with Gasteiger partial charge in [-0.3, -0.25) is 4.99 Å². The second-order valence-electron chi connectivity index (χ2n) is 2.02. The predicted octanol–water partition coefficient (Wildman–Crippen LogP) is -0.524. The van der Waals surface area contributed by atoms with Crippen molar-refractivity contribution in [1.82, 2.24) is 10.9 Å². The number of nitrogens with one attached hydrogen (secondary N) is 2. The molecule has 0 spiro atoms. The summed E-state index contributed by atoms with van der Waals surface area (Å²) >= 11 is 0. The van der Waals surface area contributed by atoms with Crippen molar-refractivity contribution in [3.8, 4) is 0 Å². The van der Waals surface area contributed by atoms with Crippen molar-refractivity contribution in [2.24, 2.45) is 10.7 Å². The average Bonchev–Trinajstić information content (AvgIpc) is 1.87. The van der Waals surface area contributed by atoms with Gasteiger partial charge in [0.15, 0.2) is 0 Å². The van der Waals surface area contributed by atoms with E-state index in [4.69, 9.17) is 5.73 Å². The van der Waals surface area contributed by atoms with E-state index in [1.807, 2.05) is 13.8 Å². The van der Waals surface area contributed by atoms with Gasteiger partial charge in [0.25, 0.3) is 0 Å². The Balaban J connectivity index is 3.85. The van der Waals surface area contributed by atoms with Gasteiger partial charge in [-0.25, -0.2) is 5.43 Å². The highest BCUT2D eigenvalue weighted by molar-refractivity contribution is 5.86. The molecule has 0 fully saturated rings. The largest absolute Gasteiger partial charge is 0.322 e. The normalized spacial score (nSPS) is 15.0. The molecule has 0 rings (SSSR count). The Morgan fingerprint density at radius 3 is 2.60 bits per heavy atom. The second-order valence-corrected chi connectivity index (χ2v) is 2.02. The van der Waals surface area contributed by atoms with Crippen LogP contribution in [0.1, 0.15) is 13.8 Å². The van der Waals surface area contributed by atoms with Crippen LogP contribution in [0.15, 0.2) is 4.99 Å². The SMILES string of the molecule is CCN=C(NNC)[C@@H](C)N. The number of amidine groups is 1. The Bertz CT molecular complexity index is 108. The summed E-state index contributed by atoms with van der Waals surface area (Å²) in [5.74, 6) is 0.796. The first-order chi connectivity index (χ1) is 4.72. The van der Waals surface area contributed by atoms with E-state index < -0.39 is 0 Å². The number of aliphatic imine (C=N–C) groups is 1. The Labute approximate surface area is 61.9 Å². The molecule has 0 aromatic rings. The minimum atomic E-state index is -0.0348. The second kappa shape index (κ2) is 5.20. The van der Waals surface area contributed by atoms with Crippen LogP contribution in [0.5, 0.6) is 0 Å². The van der Waals surface area contributed by atoms with E-state index >= 15 is 0 Å². The van der Waals surface area contributed by atoms with Crippen molar-refractivity contribution in [2.45, 2.75) is 19.9 Å². The standard InChI is InChI=1S/C6H16N4/c1-4-9-6(5(2)7)10-8-3/h5,8H,4,7H2,1-3H3,(H,9,10)/t5-/m1/s1. The van der Waals surface area contributed by atoms with Crippen molar-refractivity contribution in [1.29, 1.82) is 0 Å². The summed E-state index contributed by atoms with van der Waals surface area (Å²) in [5.41, 5.74) is 11.2. The van der Waals surface area contributed by atoms with Gasteiger partial charge in [0.2, 0.25) is 0 Å². The van der Waals surface area contributed by atoms with Gasteiger partial charge in [0.1, 0.15) is 5.84 Å². The summed E-state index contributed by atoms with van der Waals surface area (Å²) in [7, 11) is 1.79. The number of hydrazine groups is 1. The zero-order chi connectivity index (χ0) is 7.98. The van der Waals surface area contributed by atoms with Gasteiger partial charge in [0.05, 0.1) is 6.04 Å². The predicted molar refractivity (Wildman–Crippen MR) is 43.8 cm³/mol. The zero-order valence-corrected chi connectivity index (χ0v) is 6.81. The first-order valence-electron chi connectivity index (χ1n) is 3.45. The van der Waals surface area contributed by atoms with Gasteiger partial charge in [-0.15, -0.1) is 0 Å². The molecular weight excluding hydrogens is 128 g/mol. The van der Waals surface area contributed by atoms with Crippen molar-refractivity contribution in [3.63, 3.8) is 0 Å². The lowest BCUT2D eigenvalue weighted by atomic mass is 10.3. The highest BCUT2D eigenvalue weighted by Crippen LogP contribution is 1.79. The summed E-state index contributed by atoms with van der Waals surface area (Å²) in [5, 5.41) is 0. The fourth-order valence-corrected chi connectivity index (χ4v) is 0.596. The highest BCUT2D eigenvalue weighted by atomic mass is 15.4. The van der Waals surface area contributed by atoms with Gasteiger partial charge in [-0.1, -0.05) is 0 Å². The van der Waals surface area contributed by atoms with E-state index in [-0.39, 0.29) is 6.04 Å². The highest BCUT2D eigenvalue weighted by Gasteiger charge is 2.00. The minimum Gasteiger partial charge on any atom is -0.322 e. The monoisotopic (exact) mass is 144 g/mol. The summed E-state index contributed by atoms with van der Waals surface area (Å²) in [6, 6.07) is -0.0348. The Kier molecular flexibility index (Phi) is 4.88. The summed E-state index contributed by atoms with van der Waals surface area (Å²) in [6.45, 7) is 4.62. The third-order valence-corrected chi connectivity index (χ3v) is 1.01. The molecule has 0 aliphatic rings. The fourth-order valence-electron chi connectivity index (χ4n) is 0.596. The maximum atomic E-state index is 5.58. The van der Waals surface area contributed by atoms with E-state index in [9.17, 15) is 0 Å². The van der Waals surface area contributed by atoms with Crippen LogP contribution in [-0.2, 0) is 0 Å². The maximum Gasteiger partial charge on any atom is 0.127 e. The van der Waals surface area contributed by atoms with Crippen molar-refractivity contribution in [3.05, 3.63) is 0 Å². The molecule has 4 N–H and O–H groups in total. The molecule has 60 valence electrons. The molecule has 1 atom stereocenters. The molecule has 0 aliphatic carbocycles. The molecule has 0 bridgehead atoms. The third-order valence-electron chi connectivity index (χ3n) is 1.01. The molecule has 0 unspecified atom stereocenters. The molecule has 0 saturated carbocycles. The lowest BCUT2D eigenvalue weighted by Crippen LogP contribution is -2.44. The Hall–Kier alpha value is -0.610. The molecule has 10 heavy (non-hydrogen) atoms. The number of rotatable bonds is 3. The quantitative estimate of drug-likeness (QED) is 0.283. The third kappa shape index (κ3) is 3.42. The maximum absolute atomic E-state index is 5.58. The number of nitrogens with zero attached hydrogens (tertiary/aromatic N) is 1. The Morgan fingerprint density at radius 1 is 1.70 bits per heavy atom. The molecule has 0 saturated heterocycles. The van der Waals surface area contributed by atoms with E-state index in [0.717, 1.165) is 12.4 Å². The molecule has 0 aromatic carbocycles. The van der Waals surface area contributed by atoms with Gasteiger partial charge < -0.3 is 11.2 Å². The van der Waals surface area contributed by atoms with E-state index in [0.29, 0.717) is 0 Å². The van der Waals surface area contributed by atoms with Gasteiger partial charge >= 0.3 is 0 Å². The van der Waals surface area contributed by atoms with Crippen LogP contribution in [0.25, 0.3) is 0 Å². The molecule has 0 amide bonds. The molecule has 0 aromatic heterocycles. The molecule has 4 heteroatoms. The lowest BCUT2D eigenvalue weighted by molar-refractivity contribution is 0.728. The first-order valence-corrected chi connectivity index (χ1v) is 3.45.